The molecule has 116 valence electrons. The Morgan fingerprint density at radius 1 is 1.09 bits per heavy atom. The van der Waals surface area contributed by atoms with Gasteiger partial charge in [-0.3, -0.25) is 4.79 Å². The maximum absolute atomic E-state index is 11.8. The molecule has 1 amide bonds. The van der Waals surface area contributed by atoms with E-state index in [-0.39, 0.29) is 4.83 Å². The molecule has 0 aliphatic heterocycles. The monoisotopic (exact) mass is 435 g/mol. The number of fused-ring (bicyclic) bond motifs is 3. The first-order valence-electron chi connectivity index (χ1n) is 6.76. The van der Waals surface area contributed by atoms with E-state index >= 15 is 0 Å². The molecular weight excluding hydrogens is 426 g/mol. The lowest BCUT2D eigenvalue weighted by Gasteiger charge is -2.10. The van der Waals surface area contributed by atoms with E-state index in [1.165, 1.54) is 5.56 Å². The van der Waals surface area contributed by atoms with E-state index in [0.29, 0.717) is 5.69 Å². The van der Waals surface area contributed by atoms with Gasteiger partial charge in [0.1, 0.15) is 0 Å². The molecule has 1 aliphatic carbocycles. The number of anilines is 1. The van der Waals surface area contributed by atoms with Gasteiger partial charge in [-0.05, 0) is 50.3 Å². The topological polar surface area (TPSA) is 66.4 Å². The zero-order valence-corrected chi connectivity index (χ0v) is 14.9. The number of amides is 1. The molecule has 0 saturated heterocycles. The first kappa shape index (κ1) is 16.0. The number of rotatable bonds is 3. The number of halogens is 2. The quantitative estimate of drug-likeness (QED) is 0.550. The van der Waals surface area contributed by atoms with E-state index in [1.54, 1.807) is 0 Å². The highest BCUT2D eigenvalue weighted by Crippen LogP contribution is 2.50. The highest BCUT2D eigenvalue weighted by atomic mass is 79.9. The van der Waals surface area contributed by atoms with Gasteiger partial charge in [0.2, 0.25) is 5.91 Å². The third-order valence-corrected chi connectivity index (χ3v) is 5.21. The van der Waals surface area contributed by atoms with Gasteiger partial charge >= 0.3 is 5.97 Å². The number of hydrogen-bond donors (Lipinski definition) is 2. The molecule has 2 aromatic rings. The Morgan fingerprint density at radius 2 is 1.83 bits per heavy atom. The van der Waals surface area contributed by atoms with Crippen molar-refractivity contribution in [1.29, 1.82) is 0 Å². The smallest absolute Gasteiger partial charge is 0.328 e. The van der Waals surface area contributed by atoms with Crippen LogP contribution in [0.25, 0.3) is 11.1 Å². The number of alkyl halides is 1. The van der Waals surface area contributed by atoms with Gasteiger partial charge in [-0.2, -0.15) is 0 Å². The largest absolute Gasteiger partial charge is 0.478 e. The third kappa shape index (κ3) is 3.09. The number of carbonyl (C=O) groups is 2. The molecule has 0 bridgehead atoms. The predicted molar refractivity (Wildman–Crippen MR) is 95.8 cm³/mol. The SMILES string of the molecule is O=C(O)/C=C/C(=O)Nc1cc2c(cc1Br)-c1ccccc1[C@@H]2Br. The number of benzene rings is 2. The van der Waals surface area contributed by atoms with Gasteiger partial charge in [0.25, 0.3) is 0 Å². The van der Waals surface area contributed by atoms with Crippen LogP contribution in [0.15, 0.2) is 53.0 Å². The zero-order valence-electron chi connectivity index (χ0n) is 11.7. The second kappa shape index (κ2) is 6.29. The maximum atomic E-state index is 11.8. The minimum Gasteiger partial charge on any atom is -0.478 e. The molecule has 0 saturated carbocycles. The van der Waals surface area contributed by atoms with E-state index in [4.69, 9.17) is 5.11 Å². The lowest BCUT2D eigenvalue weighted by atomic mass is 10.1. The fraction of sp³-hybridized carbons (Fsp3) is 0.0588. The molecule has 6 heteroatoms. The molecule has 1 aliphatic rings. The minimum atomic E-state index is -1.16. The van der Waals surface area contributed by atoms with Crippen molar-refractivity contribution in [3.05, 3.63) is 64.1 Å². The van der Waals surface area contributed by atoms with Crippen LogP contribution in [-0.2, 0) is 9.59 Å². The van der Waals surface area contributed by atoms with Crippen LogP contribution in [0.2, 0.25) is 0 Å². The second-order valence-corrected chi connectivity index (χ2v) is 6.80. The molecule has 2 N–H and O–H groups in total. The summed E-state index contributed by atoms with van der Waals surface area (Å²) in [5.41, 5.74) is 5.11. The van der Waals surface area contributed by atoms with Crippen LogP contribution in [0.4, 0.5) is 5.69 Å². The highest BCUT2D eigenvalue weighted by molar-refractivity contribution is 9.10. The van der Waals surface area contributed by atoms with Crippen LogP contribution in [0, 0.1) is 0 Å². The molecule has 23 heavy (non-hydrogen) atoms. The zero-order chi connectivity index (χ0) is 16.6. The summed E-state index contributed by atoms with van der Waals surface area (Å²) < 4.78 is 0.740. The van der Waals surface area contributed by atoms with Gasteiger partial charge in [0.15, 0.2) is 0 Å². The Labute approximate surface area is 149 Å². The van der Waals surface area contributed by atoms with E-state index in [9.17, 15) is 9.59 Å². The van der Waals surface area contributed by atoms with Crippen LogP contribution in [0.3, 0.4) is 0 Å². The van der Waals surface area contributed by atoms with Crippen LogP contribution in [-0.4, -0.2) is 17.0 Å². The number of nitrogens with one attached hydrogen (secondary N) is 1. The summed E-state index contributed by atoms with van der Waals surface area (Å²) in [4.78, 5) is 22.3. The standard InChI is InChI=1S/C17H11Br2NO3/c18-13-7-11-9-3-1-2-4-10(9)17(19)12(11)8-14(13)20-15(21)5-6-16(22)23/h1-8,17H,(H,20,21)(H,22,23)/b6-5+/t17-/m0/s1. The molecule has 2 aromatic carbocycles. The first-order chi connectivity index (χ1) is 11.0. The fourth-order valence-corrected chi connectivity index (χ4v) is 3.80. The molecule has 4 nitrogen and oxygen atoms in total. The van der Waals surface area contributed by atoms with Gasteiger partial charge in [0.05, 0.1) is 10.5 Å². The van der Waals surface area contributed by atoms with Crippen LogP contribution >= 0.6 is 31.9 Å². The summed E-state index contributed by atoms with van der Waals surface area (Å²) in [5.74, 6) is -1.65. The molecule has 0 fully saturated rings. The Balaban J connectivity index is 1.95. The number of hydrogen-bond acceptors (Lipinski definition) is 2. The average molecular weight is 437 g/mol. The van der Waals surface area contributed by atoms with Gasteiger partial charge in [-0.25, -0.2) is 4.79 Å². The second-order valence-electron chi connectivity index (χ2n) is 5.03. The molecule has 0 aromatic heterocycles. The van der Waals surface area contributed by atoms with Crippen molar-refractivity contribution in [2.45, 2.75) is 4.83 Å². The third-order valence-electron chi connectivity index (χ3n) is 3.57. The van der Waals surface area contributed by atoms with Gasteiger partial charge in [-0.15, -0.1) is 0 Å². The normalized spacial score (nSPS) is 15.3. The Kier molecular flexibility index (Phi) is 4.37. The van der Waals surface area contributed by atoms with Crippen molar-refractivity contribution in [3.63, 3.8) is 0 Å². The molecule has 0 spiro atoms. The Hall–Kier alpha value is -1.92. The lowest BCUT2D eigenvalue weighted by molar-refractivity contribution is -0.131. The van der Waals surface area contributed by atoms with Crippen molar-refractivity contribution < 1.29 is 14.7 Å². The summed E-state index contributed by atoms with van der Waals surface area (Å²) >= 11 is 7.15. The Bertz CT molecular complexity index is 846. The maximum Gasteiger partial charge on any atom is 0.328 e. The van der Waals surface area contributed by atoms with Crippen molar-refractivity contribution in [2.75, 3.05) is 5.32 Å². The van der Waals surface area contributed by atoms with E-state index < -0.39 is 11.9 Å². The molecule has 0 unspecified atom stereocenters. The van der Waals surface area contributed by atoms with E-state index in [0.717, 1.165) is 33.3 Å². The van der Waals surface area contributed by atoms with Crippen molar-refractivity contribution in [3.8, 4) is 11.1 Å². The summed E-state index contributed by atoms with van der Waals surface area (Å²) in [6.45, 7) is 0. The van der Waals surface area contributed by atoms with Gasteiger partial charge < -0.3 is 10.4 Å². The molecule has 1 atom stereocenters. The number of carbonyl (C=O) groups excluding carboxylic acids is 1. The van der Waals surface area contributed by atoms with E-state index in [2.05, 4.69) is 49.3 Å². The van der Waals surface area contributed by atoms with Crippen molar-refractivity contribution >= 4 is 49.4 Å². The lowest BCUT2D eigenvalue weighted by Crippen LogP contribution is -2.09. The van der Waals surface area contributed by atoms with E-state index in [1.807, 2.05) is 24.3 Å². The average Bonchev–Trinajstić information content (AvgIpc) is 2.79. The van der Waals surface area contributed by atoms with Crippen LogP contribution in [0.1, 0.15) is 16.0 Å². The number of aliphatic carboxylic acids is 1. The fourth-order valence-electron chi connectivity index (χ4n) is 2.58. The van der Waals surface area contributed by atoms with Gasteiger partial charge in [0, 0.05) is 16.6 Å². The summed E-state index contributed by atoms with van der Waals surface area (Å²) in [5, 5.41) is 11.2. The summed E-state index contributed by atoms with van der Waals surface area (Å²) in [7, 11) is 0. The molecule has 0 heterocycles. The molecule has 3 rings (SSSR count). The molecular formula is C17H11Br2NO3. The summed E-state index contributed by atoms with van der Waals surface area (Å²) in [6.07, 6.45) is 1.79. The number of carboxylic acids is 1. The highest BCUT2D eigenvalue weighted by Gasteiger charge is 2.27. The van der Waals surface area contributed by atoms with Crippen LogP contribution < -0.4 is 5.32 Å². The summed E-state index contributed by atoms with van der Waals surface area (Å²) in [6, 6.07) is 12.0. The van der Waals surface area contributed by atoms with Crippen molar-refractivity contribution in [2.24, 2.45) is 0 Å². The van der Waals surface area contributed by atoms with Crippen LogP contribution in [0.5, 0.6) is 0 Å². The first-order valence-corrected chi connectivity index (χ1v) is 8.47. The van der Waals surface area contributed by atoms with Crippen molar-refractivity contribution in [1.82, 2.24) is 0 Å². The minimum absolute atomic E-state index is 0.0620. The number of carboxylic acid groups (broad SMARTS) is 1. The Morgan fingerprint density at radius 3 is 2.57 bits per heavy atom. The molecule has 0 radical (unpaired) electrons. The van der Waals surface area contributed by atoms with Gasteiger partial charge in [-0.1, -0.05) is 40.2 Å². The predicted octanol–water partition coefficient (Wildman–Crippen LogP) is 4.49.